The average molecular weight is 276 g/mol. The van der Waals surface area contributed by atoms with Crippen LogP contribution in [0.4, 0.5) is 0 Å². The normalized spacial score (nSPS) is 26.6. The van der Waals surface area contributed by atoms with E-state index in [1.54, 1.807) is 18.2 Å². The van der Waals surface area contributed by atoms with Crippen LogP contribution in [0.25, 0.3) is 0 Å². The highest BCUT2D eigenvalue weighted by atomic mass is 16.6. The van der Waals surface area contributed by atoms with Gasteiger partial charge in [0.05, 0.1) is 0 Å². The van der Waals surface area contributed by atoms with E-state index < -0.39 is 12.0 Å². The number of hydrogen-bond donors (Lipinski definition) is 2. The van der Waals surface area contributed by atoms with Crippen molar-refractivity contribution in [3.63, 3.8) is 0 Å². The standard InChI is InChI=1S/C14H16N2O4/c1-8-6-9(8)13(17)15-16-14(18)12-7-19-10-4-2-3-5-11(10)20-12/h2-5,8-9,12H,6-7H2,1H3,(H,15,17)(H,16,18)/t8-,9-,12+/m1/s1. The Kier molecular flexibility index (Phi) is 3.22. The fraction of sp³-hybridized carbons (Fsp3) is 0.429. The zero-order chi connectivity index (χ0) is 14.1. The summed E-state index contributed by atoms with van der Waals surface area (Å²) in [4.78, 5) is 23.5. The van der Waals surface area contributed by atoms with E-state index in [-0.39, 0.29) is 18.4 Å². The Morgan fingerprint density at radius 3 is 2.50 bits per heavy atom. The predicted molar refractivity (Wildman–Crippen MR) is 69.9 cm³/mol. The maximum Gasteiger partial charge on any atom is 0.283 e. The molecule has 2 amide bonds. The summed E-state index contributed by atoms with van der Waals surface area (Å²) in [5.74, 6) is 0.991. The Morgan fingerprint density at radius 1 is 1.15 bits per heavy atom. The minimum atomic E-state index is -0.762. The number of nitrogens with one attached hydrogen (secondary N) is 2. The second-order valence-electron chi connectivity index (χ2n) is 5.16. The van der Waals surface area contributed by atoms with Gasteiger partial charge in [0.2, 0.25) is 12.0 Å². The molecular weight excluding hydrogens is 260 g/mol. The number of ether oxygens (including phenoxy) is 2. The van der Waals surface area contributed by atoms with E-state index in [1.807, 2.05) is 13.0 Å². The average Bonchev–Trinajstić information content (AvgIpc) is 3.21. The maximum atomic E-state index is 11.9. The molecule has 0 radical (unpaired) electrons. The van der Waals surface area contributed by atoms with Crippen LogP contribution in [-0.2, 0) is 9.59 Å². The van der Waals surface area contributed by atoms with Gasteiger partial charge in [-0.15, -0.1) is 0 Å². The third kappa shape index (κ3) is 2.54. The van der Waals surface area contributed by atoms with Gasteiger partial charge in [-0.3, -0.25) is 20.4 Å². The van der Waals surface area contributed by atoms with Crippen LogP contribution in [0.2, 0.25) is 0 Å². The second kappa shape index (κ2) is 5.03. The Hall–Kier alpha value is -2.24. The highest BCUT2D eigenvalue weighted by molar-refractivity contribution is 5.87. The highest BCUT2D eigenvalue weighted by Crippen LogP contribution is 2.37. The lowest BCUT2D eigenvalue weighted by Gasteiger charge is -2.25. The van der Waals surface area contributed by atoms with E-state index in [0.29, 0.717) is 17.4 Å². The molecule has 1 saturated carbocycles. The molecule has 20 heavy (non-hydrogen) atoms. The first-order chi connectivity index (χ1) is 9.65. The van der Waals surface area contributed by atoms with E-state index in [2.05, 4.69) is 10.9 Å². The Balaban J connectivity index is 1.52. The summed E-state index contributed by atoms with van der Waals surface area (Å²) < 4.78 is 11.0. The van der Waals surface area contributed by atoms with Gasteiger partial charge in [0, 0.05) is 5.92 Å². The molecule has 106 valence electrons. The van der Waals surface area contributed by atoms with Crippen molar-refractivity contribution in [2.45, 2.75) is 19.4 Å². The van der Waals surface area contributed by atoms with Gasteiger partial charge in [-0.05, 0) is 24.5 Å². The molecule has 0 aromatic heterocycles. The Bertz CT molecular complexity index is 546. The topological polar surface area (TPSA) is 76.7 Å². The lowest BCUT2D eigenvalue weighted by Crippen LogP contribution is -2.51. The van der Waals surface area contributed by atoms with Crippen LogP contribution in [0.3, 0.4) is 0 Å². The molecule has 2 aliphatic rings. The van der Waals surface area contributed by atoms with E-state index in [4.69, 9.17) is 9.47 Å². The zero-order valence-corrected chi connectivity index (χ0v) is 11.1. The van der Waals surface area contributed by atoms with Crippen LogP contribution >= 0.6 is 0 Å². The lowest BCUT2D eigenvalue weighted by atomic mass is 10.2. The second-order valence-corrected chi connectivity index (χ2v) is 5.16. The molecule has 2 N–H and O–H groups in total. The number of rotatable bonds is 2. The van der Waals surface area contributed by atoms with Crippen LogP contribution in [0.1, 0.15) is 13.3 Å². The molecule has 1 aliphatic carbocycles. The van der Waals surface area contributed by atoms with Gasteiger partial charge in [0.25, 0.3) is 5.91 Å². The SMILES string of the molecule is C[C@@H]1C[C@H]1C(=O)NNC(=O)[C@@H]1COc2ccccc2O1. The summed E-state index contributed by atoms with van der Waals surface area (Å²) >= 11 is 0. The summed E-state index contributed by atoms with van der Waals surface area (Å²) in [6.07, 6.45) is 0.111. The summed E-state index contributed by atoms with van der Waals surface area (Å²) in [5, 5.41) is 0. The molecule has 3 rings (SSSR count). The lowest BCUT2D eigenvalue weighted by molar-refractivity contribution is -0.135. The van der Waals surface area contributed by atoms with Crippen molar-refractivity contribution in [2.75, 3.05) is 6.61 Å². The van der Waals surface area contributed by atoms with Gasteiger partial charge in [0.15, 0.2) is 11.5 Å². The first-order valence-electron chi connectivity index (χ1n) is 6.63. The molecule has 1 aromatic carbocycles. The first-order valence-corrected chi connectivity index (χ1v) is 6.63. The van der Waals surface area contributed by atoms with Gasteiger partial charge < -0.3 is 9.47 Å². The molecule has 0 saturated heterocycles. The Labute approximate surface area is 116 Å². The van der Waals surface area contributed by atoms with Gasteiger partial charge in [0.1, 0.15) is 6.61 Å². The third-order valence-electron chi connectivity index (χ3n) is 3.56. The van der Waals surface area contributed by atoms with Crippen molar-refractivity contribution in [1.29, 1.82) is 0 Å². The van der Waals surface area contributed by atoms with E-state index in [0.717, 1.165) is 6.42 Å². The van der Waals surface area contributed by atoms with Crippen LogP contribution in [0, 0.1) is 11.8 Å². The minimum Gasteiger partial charge on any atom is -0.485 e. The van der Waals surface area contributed by atoms with Crippen molar-refractivity contribution < 1.29 is 19.1 Å². The molecular formula is C14H16N2O4. The minimum absolute atomic E-state index is 0.0135. The fourth-order valence-corrected chi connectivity index (χ4v) is 2.13. The quantitative estimate of drug-likeness (QED) is 0.777. The van der Waals surface area contributed by atoms with Crippen LogP contribution in [0.5, 0.6) is 11.5 Å². The number of para-hydroxylation sites is 2. The zero-order valence-electron chi connectivity index (χ0n) is 11.1. The van der Waals surface area contributed by atoms with Crippen LogP contribution < -0.4 is 20.3 Å². The molecule has 1 aliphatic heterocycles. The number of carbonyl (C=O) groups is 2. The van der Waals surface area contributed by atoms with E-state index in [9.17, 15) is 9.59 Å². The molecule has 0 bridgehead atoms. The maximum absolute atomic E-state index is 11.9. The van der Waals surface area contributed by atoms with Gasteiger partial charge in [-0.1, -0.05) is 19.1 Å². The highest BCUT2D eigenvalue weighted by Gasteiger charge is 2.39. The van der Waals surface area contributed by atoms with E-state index in [1.165, 1.54) is 0 Å². The number of benzene rings is 1. The molecule has 3 atom stereocenters. The van der Waals surface area contributed by atoms with Crippen molar-refractivity contribution >= 4 is 11.8 Å². The molecule has 0 spiro atoms. The molecule has 6 nitrogen and oxygen atoms in total. The van der Waals surface area contributed by atoms with Gasteiger partial charge >= 0.3 is 0 Å². The molecule has 1 aromatic rings. The summed E-state index contributed by atoms with van der Waals surface area (Å²) in [5.41, 5.74) is 4.80. The van der Waals surface area contributed by atoms with Crippen molar-refractivity contribution in [1.82, 2.24) is 10.9 Å². The Morgan fingerprint density at radius 2 is 1.80 bits per heavy atom. The van der Waals surface area contributed by atoms with Crippen LogP contribution in [-0.4, -0.2) is 24.5 Å². The number of fused-ring (bicyclic) bond motifs is 1. The van der Waals surface area contributed by atoms with Gasteiger partial charge in [-0.2, -0.15) is 0 Å². The number of carbonyl (C=O) groups excluding carboxylic acids is 2. The smallest absolute Gasteiger partial charge is 0.283 e. The predicted octanol–water partition coefficient (Wildman–Crippen LogP) is 0.630. The molecule has 1 heterocycles. The largest absolute Gasteiger partial charge is 0.485 e. The molecule has 1 fully saturated rings. The van der Waals surface area contributed by atoms with Crippen LogP contribution in [0.15, 0.2) is 24.3 Å². The summed E-state index contributed by atoms with van der Waals surface area (Å²) in [6, 6.07) is 7.15. The summed E-state index contributed by atoms with van der Waals surface area (Å²) in [6.45, 7) is 2.12. The molecule has 6 heteroatoms. The van der Waals surface area contributed by atoms with Crippen molar-refractivity contribution in [2.24, 2.45) is 11.8 Å². The number of hydrogen-bond acceptors (Lipinski definition) is 4. The first kappa shape index (κ1) is 12.8. The van der Waals surface area contributed by atoms with E-state index >= 15 is 0 Å². The fourth-order valence-electron chi connectivity index (χ4n) is 2.13. The number of amides is 2. The number of hydrazine groups is 1. The van der Waals surface area contributed by atoms with Crippen molar-refractivity contribution in [3.8, 4) is 11.5 Å². The molecule has 0 unspecified atom stereocenters. The van der Waals surface area contributed by atoms with Crippen molar-refractivity contribution in [3.05, 3.63) is 24.3 Å². The third-order valence-corrected chi connectivity index (χ3v) is 3.56. The van der Waals surface area contributed by atoms with Gasteiger partial charge in [-0.25, -0.2) is 0 Å². The summed E-state index contributed by atoms with van der Waals surface area (Å²) in [7, 11) is 0. The monoisotopic (exact) mass is 276 g/mol.